The minimum Gasteiger partial charge on any atom is -0.480 e. The van der Waals surface area contributed by atoms with Gasteiger partial charge in [0.15, 0.2) is 0 Å². The molecule has 1 aliphatic carbocycles. The molecule has 1 unspecified atom stereocenters. The molecule has 100 valence electrons. The summed E-state index contributed by atoms with van der Waals surface area (Å²) in [4.78, 5) is 10.7. The number of carbonyl (C=O) groups is 1. The molecule has 0 spiro atoms. The van der Waals surface area contributed by atoms with Gasteiger partial charge in [0.2, 0.25) is 0 Å². The molecule has 17 heavy (non-hydrogen) atoms. The van der Waals surface area contributed by atoms with Gasteiger partial charge in [0.1, 0.15) is 5.54 Å². The molecule has 0 aromatic rings. The molecule has 0 amide bonds. The summed E-state index contributed by atoms with van der Waals surface area (Å²) in [7, 11) is 0. The summed E-state index contributed by atoms with van der Waals surface area (Å²) in [6.45, 7) is 3.14. The van der Waals surface area contributed by atoms with Crippen molar-refractivity contribution >= 4 is 5.97 Å². The number of hydrogen-bond acceptors (Lipinski definition) is 3. The topological polar surface area (TPSA) is 72.5 Å². The van der Waals surface area contributed by atoms with Crippen LogP contribution in [0.1, 0.15) is 51.9 Å². The molecule has 4 heteroatoms. The molecular weight excluding hydrogens is 218 g/mol. The number of aliphatic carboxylic acids is 1. The van der Waals surface area contributed by atoms with Gasteiger partial charge in [-0.2, -0.15) is 0 Å². The molecule has 1 rings (SSSR count). The molecule has 0 aromatic heterocycles. The Morgan fingerprint density at radius 2 is 2.12 bits per heavy atom. The van der Waals surface area contributed by atoms with Crippen molar-refractivity contribution in [2.24, 2.45) is 11.7 Å². The Kier molecular flexibility index (Phi) is 5.92. The number of ether oxygens (including phenoxy) is 1. The number of rotatable bonds is 9. The number of unbranched alkanes of at least 4 members (excludes halogenated alkanes) is 1. The summed E-state index contributed by atoms with van der Waals surface area (Å²) in [6.07, 6.45) is 7.52. The van der Waals surface area contributed by atoms with E-state index in [1.54, 1.807) is 6.92 Å². The maximum Gasteiger partial charge on any atom is 0.323 e. The normalized spacial score (nSPS) is 19.6. The highest BCUT2D eigenvalue weighted by Gasteiger charge is 2.26. The summed E-state index contributed by atoms with van der Waals surface area (Å²) in [5.41, 5.74) is 4.53. The SMILES string of the molecule is CC(N)(CCCCOCCC1CCC1)C(=O)O. The van der Waals surface area contributed by atoms with Gasteiger partial charge < -0.3 is 15.6 Å². The zero-order valence-electron chi connectivity index (χ0n) is 10.8. The fourth-order valence-corrected chi connectivity index (χ4v) is 1.94. The Hall–Kier alpha value is -0.610. The van der Waals surface area contributed by atoms with Crippen molar-refractivity contribution in [1.29, 1.82) is 0 Å². The quantitative estimate of drug-likeness (QED) is 0.609. The Morgan fingerprint density at radius 1 is 1.41 bits per heavy atom. The summed E-state index contributed by atoms with van der Waals surface area (Å²) in [6, 6.07) is 0. The molecule has 3 N–H and O–H groups in total. The molecule has 1 atom stereocenters. The van der Waals surface area contributed by atoms with Gasteiger partial charge in [-0.15, -0.1) is 0 Å². The van der Waals surface area contributed by atoms with Crippen LogP contribution in [0, 0.1) is 5.92 Å². The maximum atomic E-state index is 10.7. The molecule has 0 aliphatic heterocycles. The van der Waals surface area contributed by atoms with E-state index in [4.69, 9.17) is 15.6 Å². The van der Waals surface area contributed by atoms with Crippen molar-refractivity contribution in [1.82, 2.24) is 0 Å². The second kappa shape index (κ2) is 6.97. The van der Waals surface area contributed by atoms with E-state index < -0.39 is 11.5 Å². The first-order valence-corrected chi connectivity index (χ1v) is 6.62. The molecule has 0 heterocycles. The predicted molar refractivity (Wildman–Crippen MR) is 66.9 cm³/mol. The van der Waals surface area contributed by atoms with Crippen LogP contribution in [-0.4, -0.2) is 29.8 Å². The fourth-order valence-electron chi connectivity index (χ4n) is 1.94. The van der Waals surface area contributed by atoms with Gasteiger partial charge in [0.25, 0.3) is 0 Å². The molecule has 0 saturated heterocycles. The van der Waals surface area contributed by atoms with E-state index in [9.17, 15) is 4.79 Å². The van der Waals surface area contributed by atoms with Crippen LogP contribution in [0.2, 0.25) is 0 Å². The summed E-state index contributed by atoms with van der Waals surface area (Å²) in [5, 5.41) is 8.82. The van der Waals surface area contributed by atoms with E-state index in [-0.39, 0.29) is 0 Å². The van der Waals surface area contributed by atoms with Crippen molar-refractivity contribution in [3.8, 4) is 0 Å². The van der Waals surface area contributed by atoms with Gasteiger partial charge in [0, 0.05) is 13.2 Å². The zero-order chi connectivity index (χ0) is 12.7. The fraction of sp³-hybridized carbons (Fsp3) is 0.923. The molecule has 1 aliphatic rings. The van der Waals surface area contributed by atoms with Crippen LogP contribution in [0.15, 0.2) is 0 Å². The van der Waals surface area contributed by atoms with Gasteiger partial charge in [-0.1, -0.05) is 19.3 Å². The molecule has 0 aromatic carbocycles. The second-order valence-electron chi connectivity index (χ2n) is 5.38. The van der Waals surface area contributed by atoms with E-state index >= 15 is 0 Å². The molecule has 0 radical (unpaired) electrons. The third-order valence-corrected chi connectivity index (χ3v) is 3.62. The van der Waals surface area contributed by atoms with Gasteiger partial charge in [-0.25, -0.2) is 0 Å². The molecule has 4 nitrogen and oxygen atoms in total. The van der Waals surface area contributed by atoms with E-state index in [0.29, 0.717) is 6.42 Å². The molecular formula is C13H25NO3. The van der Waals surface area contributed by atoms with Crippen LogP contribution in [0.25, 0.3) is 0 Å². The highest BCUT2D eigenvalue weighted by molar-refractivity contribution is 5.77. The first-order valence-electron chi connectivity index (χ1n) is 6.62. The van der Waals surface area contributed by atoms with Gasteiger partial charge in [-0.3, -0.25) is 4.79 Å². The average Bonchev–Trinajstić information content (AvgIpc) is 2.19. The molecule has 0 bridgehead atoms. The van der Waals surface area contributed by atoms with Crippen LogP contribution in [0.5, 0.6) is 0 Å². The maximum absolute atomic E-state index is 10.7. The largest absolute Gasteiger partial charge is 0.480 e. The minimum atomic E-state index is -1.09. The van der Waals surface area contributed by atoms with Gasteiger partial charge in [0.05, 0.1) is 0 Å². The van der Waals surface area contributed by atoms with E-state index in [2.05, 4.69) is 0 Å². The average molecular weight is 243 g/mol. The third-order valence-electron chi connectivity index (χ3n) is 3.62. The smallest absolute Gasteiger partial charge is 0.323 e. The van der Waals surface area contributed by atoms with Crippen LogP contribution in [-0.2, 0) is 9.53 Å². The van der Waals surface area contributed by atoms with Crippen molar-refractivity contribution in [3.05, 3.63) is 0 Å². The van der Waals surface area contributed by atoms with Crippen LogP contribution >= 0.6 is 0 Å². The highest BCUT2D eigenvalue weighted by atomic mass is 16.5. The lowest BCUT2D eigenvalue weighted by molar-refractivity contribution is -0.142. The highest BCUT2D eigenvalue weighted by Crippen LogP contribution is 2.29. The van der Waals surface area contributed by atoms with Crippen LogP contribution < -0.4 is 5.73 Å². The van der Waals surface area contributed by atoms with E-state index in [0.717, 1.165) is 32.0 Å². The summed E-state index contributed by atoms with van der Waals surface area (Å²) >= 11 is 0. The first kappa shape index (κ1) is 14.5. The summed E-state index contributed by atoms with van der Waals surface area (Å²) < 4.78 is 5.53. The minimum absolute atomic E-state index is 0.508. The summed E-state index contributed by atoms with van der Waals surface area (Å²) in [5.74, 6) is -0.0299. The number of hydrogen-bond donors (Lipinski definition) is 2. The molecule has 1 fully saturated rings. The third kappa shape index (κ3) is 5.50. The standard InChI is InChI=1S/C13H25NO3/c1-13(14,12(15)16)8-2-3-9-17-10-7-11-5-4-6-11/h11H,2-10,14H2,1H3,(H,15,16). The van der Waals surface area contributed by atoms with Crippen molar-refractivity contribution in [2.75, 3.05) is 13.2 Å². The second-order valence-corrected chi connectivity index (χ2v) is 5.38. The van der Waals surface area contributed by atoms with Crippen molar-refractivity contribution in [2.45, 2.75) is 57.4 Å². The predicted octanol–water partition coefficient (Wildman–Crippen LogP) is 2.17. The van der Waals surface area contributed by atoms with E-state index in [1.807, 2.05) is 0 Å². The van der Waals surface area contributed by atoms with Crippen LogP contribution in [0.3, 0.4) is 0 Å². The number of carboxylic acids is 1. The van der Waals surface area contributed by atoms with Gasteiger partial charge in [-0.05, 0) is 38.5 Å². The Labute approximate surface area is 104 Å². The number of nitrogens with two attached hydrogens (primary N) is 1. The Morgan fingerprint density at radius 3 is 2.65 bits per heavy atom. The monoisotopic (exact) mass is 243 g/mol. The number of carboxylic acid groups (broad SMARTS) is 1. The van der Waals surface area contributed by atoms with E-state index in [1.165, 1.54) is 25.7 Å². The van der Waals surface area contributed by atoms with Crippen molar-refractivity contribution in [3.63, 3.8) is 0 Å². The lowest BCUT2D eigenvalue weighted by atomic mass is 9.83. The zero-order valence-corrected chi connectivity index (χ0v) is 10.8. The Bertz CT molecular complexity index is 237. The van der Waals surface area contributed by atoms with Gasteiger partial charge >= 0.3 is 5.97 Å². The van der Waals surface area contributed by atoms with Crippen LogP contribution in [0.4, 0.5) is 0 Å². The van der Waals surface area contributed by atoms with Crippen molar-refractivity contribution < 1.29 is 14.6 Å². The lowest BCUT2D eigenvalue weighted by Gasteiger charge is -2.24. The molecule has 1 saturated carbocycles. The lowest BCUT2D eigenvalue weighted by Crippen LogP contribution is -2.44. The first-order chi connectivity index (χ1) is 8.02. The Balaban J connectivity index is 1.88.